The van der Waals surface area contributed by atoms with Gasteiger partial charge in [0.05, 0.1) is 0 Å². The highest BCUT2D eigenvalue weighted by molar-refractivity contribution is 8.00. The molecule has 0 N–H and O–H groups in total. The first-order valence-corrected chi connectivity index (χ1v) is 8.14. The highest BCUT2D eigenvalue weighted by Crippen LogP contribution is 2.31. The predicted octanol–water partition coefficient (Wildman–Crippen LogP) is 3.06. The van der Waals surface area contributed by atoms with Crippen LogP contribution in [0.1, 0.15) is 40.0 Å². The van der Waals surface area contributed by atoms with E-state index in [1.54, 1.807) is 0 Å². The first kappa shape index (κ1) is 14.0. The molecule has 0 aromatic rings. The van der Waals surface area contributed by atoms with E-state index in [1.807, 2.05) is 11.8 Å². The Hall–Kier alpha value is -0.380. The summed E-state index contributed by atoms with van der Waals surface area (Å²) in [5, 5.41) is 0. The Kier molecular flexibility index (Phi) is 4.46. The maximum absolute atomic E-state index is 12.5. The van der Waals surface area contributed by atoms with Crippen LogP contribution in [0.4, 0.5) is 4.79 Å². The van der Waals surface area contributed by atoms with E-state index in [2.05, 4.69) is 30.6 Å². The number of thioether (sulfide) groups is 1. The molecule has 0 saturated carbocycles. The number of amides is 2. The lowest BCUT2D eigenvalue weighted by atomic mass is 10.0. The molecule has 4 heteroatoms. The highest BCUT2D eigenvalue weighted by Gasteiger charge is 2.29. The van der Waals surface area contributed by atoms with Crippen LogP contribution in [-0.2, 0) is 0 Å². The van der Waals surface area contributed by atoms with Crippen molar-refractivity contribution in [3.63, 3.8) is 0 Å². The lowest BCUT2D eigenvalue weighted by Gasteiger charge is -2.35. The van der Waals surface area contributed by atoms with Crippen LogP contribution in [0.2, 0.25) is 0 Å². The maximum atomic E-state index is 12.5. The van der Waals surface area contributed by atoms with Crippen molar-refractivity contribution in [1.29, 1.82) is 0 Å². The van der Waals surface area contributed by atoms with Crippen LogP contribution in [0.15, 0.2) is 0 Å². The van der Waals surface area contributed by atoms with Crippen LogP contribution in [-0.4, -0.2) is 52.5 Å². The zero-order valence-electron chi connectivity index (χ0n) is 11.9. The highest BCUT2D eigenvalue weighted by atomic mass is 32.2. The number of piperidine rings is 1. The number of carbonyl (C=O) groups excluding carboxylic acids is 1. The minimum Gasteiger partial charge on any atom is -0.324 e. The topological polar surface area (TPSA) is 23.6 Å². The van der Waals surface area contributed by atoms with Crippen molar-refractivity contribution in [3.8, 4) is 0 Å². The molecule has 0 aromatic heterocycles. The van der Waals surface area contributed by atoms with Gasteiger partial charge in [-0.1, -0.05) is 20.8 Å². The number of hydrogen-bond donors (Lipinski definition) is 0. The lowest BCUT2D eigenvalue weighted by Crippen LogP contribution is -2.48. The molecule has 0 aromatic carbocycles. The van der Waals surface area contributed by atoms with E-state index in [4.69, 9.17) is 0 Å². The number of urea groups is 1. The van der Waals surface area contributed by atoms with Gasteiger partial charge in [0.1, 0.15) is 0 Å². The van der Waals surface area contributed by atoms with Crippen LogP contribution < -0.4 is 0 Å². The Labute approximate surface area is 115 Å². The van der Waals surface area contributed by atoms with Gasteiger partial charge in [-0.2, -0.15) is 11.8 Å². The fourth-order valence-electron chi connectivity index (χ4n) is 2.77. The summed E-state index contributed by atoms with van der Waals surface area (Å²) in [5.41, 5.74) is 0. The van der Waals surface area contributed by atoms with E-state index in [9.17, 15) is 4.79 Å². The Morgan fingerprint density at radius 1 is 1.22 bits per heavy atom. The molecular formula is C14H26N2OS. The standard InChI is InChI=1S/C14H26N2OS/c1-12-5-4-7-16(11-12)13(17)15-8-6-14(2,3)18-10-9-15/h12H,4-11H2,1-3H3. The Morgan fingerprint density at radius 3 is 2.72 bits per heavy atom. The normalized spacial score (nSPS) is 28.9. The molecule has 3 nitrogen and oxygen atoms in total. The van der Waals surface area contributed by atoms with Gasteiger partial charge < -0.3 is 9.80 Å². The van der Waals surface area contributed by atoms with Gasteiger partial charge in [-0.15, -0.1) is 0 Å². The number of likely N-dealkylation sites (tertiary alicyclic amines) is 1. The summed E-state index contributed by atoms with van der Waals surface area (Å²) < 4.78 is 0.324. The van der Waals surface area contributed by atoms with Crippen molar-refractivity contribution in [2.24, 2.45) is 5.92 Å². The van der Waals surface area contributed by atoms with E-state index < -0.39 is 0 Å². The molecule has 2 rings (SSSR count). The molecule has 2 aliphatic heterocycles. The van der Waals surface area contributed by atoms with Crippen LogP contribution in [0.3, 0.4) is 0 Å². The quantitative estimate of drug-likeness (QED) is 0.675. The van der Waals surface area contributed by atoms with E-state index in [0.717, 1.165) is 38.4 Å². The second-order valence-electron chi connectivity index (χ2n) is 6.32. The van der Waals surface area contributed by atoms with Crippen molar-refractivity contribution in [2.45, 2.75) is 44.8 Å². The van der Waals surface area contributed by atoms with Crippen molar-refractivity contribution in [2.75, 3.05) is 31.9 Å². The van der Waals surface area contributed by atoms with Gasteiger partial charge in [0.25, 0.3) is 0 Å². The second kappa shape index (κ2) is 5.72. The molecule has 104 valence electrons. The molecular weight excluding hydrogens is 244 g/mol. The van der Waals surface area contributed by atoms with Crippen LogP contribution >= 0.6 is 11.8 Å². The van der Waals surface area contributed by atoms with Gasteiger partial charge in [0.15, 0.2) is 0 Å². The third kappa shape index (κ3) is 3.56. The average molecular weight is 270 g/mol. The minimum absolute atomic E-state index is 0.278. The summed E-state index contributed by atoms with van der Waals surface area (Å²) in [6, 6.07) is 0.278. The first-order chi connectivity index (χ1) is 8.48. The van der Waals surface area contributed by atoms with Crippen molar-refractivity contribution < 1.29 is 4.79 Å². The summed E-state index contributed by atoms with van der Waals surface area (Å²) in [6.45, 7) is 10.6. The van der Waals surface area contributed by atoms with Gasteiger partial charge in [-0.3, -0.25) is 0 Å². The van der Waals surface area contributed by atoms with Crippen LogP contribution in [0, 0.1) is 5.92 Å². The molecule has 1 atom stereocenters. The molecule has 0 spiro atoms. The molecule has 2 heterocycles. The van der Waals surface area contributed by atoms with Crippen LogP contribution in [0.25, 0.3) is 0 Å². The minimum atomic E-state index is 0.278. The number of carbonyl (C=O) groups is 1. The SMILES string of the molecule is CC1CCCN(C(=O)N2CCSC(C)(C)CC2)C1. The summed E-state index contributed by atoms with van der Waals surface area (Å²) in [5.74, 6) is 1.74. The van der Waals surface area contributed by atoms with E-state index in [1.165, 1.54) is 12.8 Å². The smallest absolute Gasteiger partial charge is 0.320 e. The maximum Gasteiger partial charge on any atom is 0.320 e. The number of rotatable bonds is 0. The predicted molar refractivity (Wildman–Crippen MR) is 78.1 cm³/mol. The summed E-state index contributed by atoms with van der Waals surface area (Å²) in [6.07, 6.45) is 3.54. The fourth-order valence-corrected chi connectivity index (χ4v) is 3.87. The Balaban J connectivity index is 1.92. The summed E-state index contributed by atoms with van der Waals surface area (Å²) in [4.78, 5) is 16.6. The molecule has 0 bridgehead atoms. The Bertz CT molecular complexity index is 306. The molecule has 0 aliphatic carbocycles. The van der Waals surface area contributed by atoms with Crippen molar-refractivity contribution >= 4 is 17.8 Å². The summed E-state index contributed by atoms with van der Waals surface area (Å²) >= 11 is 2.00. The number of hydrogen-bond acceptors (Lipinski definition) is 2. The second-order valence-corrected chi connectivity index (χ2v) is 8.12. The lowest BCUT2D eigenvalue weighted by molar-refractivity contribution is 0.133. The van der Waals surface area contributed by atoms with Gasteiger partial charge in [0, 0.05) is 36.7 Å². The van der Waals surface area contributed by atoms with E-state index >= 15 is 0 Å². The van der Waals surface area contributed by atoms with Gasteiger partial charge in [-0.05, 0) is 25.2 Å². The molecule has 2 aliphatic rings. The van der Waals surface area contributed by atoms with E-state index in [0.29, 0.717) is 10.7 Å². The largest absolute Gasteiger partial charge is 0.324 e. The molecule has 2 fully saturated rings. The third-order valence-corrected chi connectivity index (χ3v) is 5.41. The molecule has 2 amide bonds. The summed E-state index contributed by atoms with van der Waals surface area (Å²) in [7, 11) is 0. The van der Waals surface area contributed by atoms with Gasteiger partial charge in [0.2, 0.25) is 0 Å². The first-order valence-electron chi connectivity index (χ1n) is 7.16. The third-order valence-electron chi connectivity index (χ3n) is 4.04. The average Bonchev–Trinajstić information content (AvgIpc) is 2.49. The van der Waals surface area contributed by atoms with Crippen LogP contribution in [0.5, 0.6) is 0 Å². The molecule has 18 heavy (non-hydrogen) atoms. The molecule has 0 radical (unpaired) electrons. The molecule has 1 unspecified atom stereocenters. The Morgan fingerprint density at radius 2 is 2.00 bits per heavy atom. The fraction of sp³-hybridized carbons (Fsp3) is 0.929. The van der Waals surface area contributed by atoms with E-state index in [-0.39, 0.29) is 6.03 Å². The molecule has 2 saturated heterocycles. The monoisotopic (exact) mass is 270 g/mol. The van der Waals surface area contributed by atoms with Crippen molar-refractivity contribution in [1.82, 2.24) is 9.80 Å². The van der Waals surface area contributed by atoms with Gasteiger partial charge >= 0.3 is 6.03 Å². The zero-order chi connectivity index (χ0) is 13.2. The van der Waals surface area contributed by atoms with Crippen molar-refractivity contribution in [3.05, 3.63) is 0 Å². The zero-order valence-corrected chi connectivity index (χ0v) is 12.8. The number of nitrogens with zero attached hydrogens (tertiary/aromatic N) is 2. The van der Waals surface area contributed by atoms with Gasteiger partial charge in [-0.25, -0.2) is 4.79 Å².